The molecule has 520 valence electrons. The summed E-state index contributed by atoms with van der Waals surface area (Å²) >= 11 is 0. The van der Waals surface area contributed by atoms with Crippen LogP contribution in [0.25, 0.3) is 0 Å². The number of ketones is 2. The lowest BCUT2D eigenvalue weighted by molar-refractivity contribution is -0.191. The fraction of sp³-hybridized carbons (Fsp3) is 0.698. The normalized spacial score (nSPS) is 27.2. The van der Waals surface area contributed by atoms with Gasteiger partial charge in [0.15, 0.2) is 11.6 Å². The fourth-order valence-electron chi connectivity index (χ4n) is 18.1. The smallest absolute Gasteiger partial charge is 0.151 e. The van der Waals surface area contributed by atoms with Crippen LogP contribution in [0.3, 0.4) is 0 Å². The molecule has 0 bridgehead atoms. The second kappa shape index (κ2) is 37.9. The molecule has 0 amide bonds. The van der Waals surface area contributed by atoms with Gasteiger partial charge in [-0.3, -0.25) is 9.59 Å². The van der Waals surface area contributed by atoms with Crippen molar-refractivity contribution in [2.75, 3.05) is 26.4 Å². The van der Waals surface area contributed by atoms with Crippen LogP contribution >= 0.6 is 0 Å². The highest BCUT2D eigenvalue weighted by molar-refractivity contribution is 5.99. The summed E-state index contributed by atoms with van der Waals surface area (Å²) in [6.07, 6.45) is 43.9. The topological polar surface area (TPSA) is 71.1 Å². The van der Waals surface area contributed by atoms with Gasteiger partial charge in [-0.25, -0.2) is 8.78 Å². The van der Waals surface area contributed by atoms with E-state index < -0.39 is 34.0 Å². The molecule has 4 aromatic carbocycles. The number of unbranched alkanes of at least 4 members (excludes halogenated alkanes) is 22. The second-order valence-corrected chi connectivity index (χ2v) is 30.6. The third-order valence-electron chi connectivity index (χ3n) is 24.2. The molecule has 0 aromatic heterocycles. The third kappa shape index (κ3) is 18.9. The van der Waals surface area contributed by atoms with E-state index in [1.54, 1.807) is 0 Å². The molecule has 0 atom stereocenters. The Morgan fingerprint density at radius 2 is 0.447 bits per heavy atom. The van der Waals surface area contributed by atoms with Crippen molar-refractivity contribution in [1.29, 1.82) is 0 Å². The number of carbonyl (C=O) groups excluding carboxylic acids is 2. The number of ether oxygens (including phenoxy) is 4. The fourth-order valence-corrected chi connectivity index (χ4v) is 18.1. The number of Topliss-reactive ketones (excluding diaryl/α,β-unsaturated/α-hetero) is 2. The summed E-state index contributed by atoms with van der Waals surface area (Å²) in [6, 6.07) is 34.3. The molecule has 6 fully saturated rings. The van der Waals surface area contributed by atoms with Crippen LogP contribution in [0.5, 0.6) is 23.0 Å². The highest BCUT2D eigenvalue weighted by atomic mass is 19.1. The maximum absolute atomic E-state index is 16.3. The molecule has 6 saturated carbocycles. The van der Waals surface area contributed by atoms with Gasteiger partial charge in [-0.2, -0.15) is 0 Å². The lowest BCUT2D eigenvalue weighted by Crippen LogP contribution is -2.69. The Labute approximate surface area is 569 Å². The number of carbonyl (C=O) groups is 2. The first-order chi connectivity index (χ1) is 46.0. The average Bonchev–Trinajstić information content (AvgIpc) is 0.697. The van der Waals surface area contributed by atoms with Gasteiger partial charge in [0.2, 0.25) is 0 Å². The van der Waals surface area contributed by atoms with E-state index in [4.69, 9.17) is 18.9 Å². The first kappa shape index (κ1) is 73.5. The number of benzene rings is 4. The van der Waals surface area contributed by atoms with Gasteiger partial charge in [0.05, 0.1) is 48.1 Å². The Hall–Kier alpha value is -4.72. The molecule has 4 aromatic rings. The molecule has 0 radical (unpaired) electrons. The molecule has 0 heterocycles. The van der Waals surface area contributed by atoms with E-state index in [-0.39, 0.29) is 11.6 Å². The summed E-state index contributed by atoms with van der Waals surface area (Å²) in [6.45, 7) is 12.1. The van der Waals surface area contributed by atoms with Gasteiger partial charge in [-0.1, -0.05) is 217 Å². The van der Waals surface area contributed by atoms with Gasteiger partial charge < -0.3 is 18.9 Å². The summed E-state index contributed by atoms with van der Waals surface area (Å²) in [7, 11) is 0. The maximum Gasteiger partial charge on any atom is 0.151 e. The standard InChI is InChI=1S/C44H65FO3.C42H61FO3/c1-3-5-7-9-11-13-15-33-47-39-21-17-35(18-22-39)37-25-29-43(30-26-37)41(45)44(42(43)46)31-27-38(28-32-44)36-19-23-40(24-20-36)48-34-16-14-12-10-8-6-4-2;1-3-5-7-9-11-13-31-45-37-19-15-33(16-20-37)35-23-27-41(28-24-35)39(43)42(40(41)44)29-25-36(26-30-42)34-17-21-38(22-18-34)46-32-14-12-10-8-6-4-2/h17-24,37-38,41H,3-16,25-34H2,1-2H3;15-22,35-36,39H,3-14,23-32H2,1-2H3. The molecule has 0 aliphatic heterocycles. The average molecular weight is 1290 g/mol. The van der Waals surface area contributed by atoms with E-state index in [1.165, 1.54) is 164 Å². The Balaban J connectivity index is 0.000000222. The Morgan fingerprint density at radius 3 is 0.617 bits per heavy atom. The molecular weight excluding hydrogens is 1170 g/mol. The quantitative estimate of drug-likeness (QED) is 0.0417. The van der Waals surface area contributed by atoms with Crippen molar-refractivity contribution in [2.45, 2.75) is 333 Å². The number of hydrogen-bond acceptors (Lipinski definition) is 6. The zero-order valence-electron chi connectivity index (χ0n) is 59.4. The van der Waals surface area contributed by atoms with Crippen LogP contribution in [0.15, 0.2) is 97.1 Å². The van der Waals surface area contributed by atoms with Crippen LogP contribution in [-0.4, -0.2) is 50.3 Å². The summed E-state index contributed by atoms with van der Waals surface area (Å²) in [5.74, 6) is 5.88. The summed E-state index contributed by atoms with van der Waals surface area (Å²) < 4.78 is 56.5. The van der Waals surface area contributed by atoms with Crippen LogP contribution < -0.4 is 18.9 Å². The number of hydrogen-bond donors (Lipinski definition) is 0. The number of rotatable bonds is 38. The molecule has 6 aliphatic carbocycles. The molecule has 6 nitrogen and oxygen atoms in total. The van der Waals surface area contributed by atoms with Crippen LogP contribution in [0, 0.1) is 21.7 Å². The van der Waals surface area contributed by atoms with Gasteiger partial charge in [0.1, 0.15) is 35.3 Å². The highest BCUT2D eigenvalue weighted by Gasteiger charge is 2.73. The lowest BCUT2D eigenvalue weighted by atomic mass is 9.41. The zero-order chi connectivity index (χ0) is 65.9. The van der Waals surface area contributed by atoms with Gasteiger partial charge >= 0.3 is 0 Å². The van der Waals surface area contributed by atoms with E-state index in [1.807, 2.05) is 0 Å². The van der Waals surface area contributed by atoms with Crippen molar-refractivity contribution in [1.82, 2.24) is 0 Å². The van der Waals surface area contributed by atoms with Crippen molar-refractivity contribution in [3.63, 3.8) is 0 Å². The molecule has 4 spiro atoms. The van der Waals surface area contributed by atoms with E-state index in [0.717, 1.165) is 126 Å². The molecule has 94 heavy (non-hydrogen) atoms. The largest absolute Gasteiger partial charge is 0.494 e. The van der Waals surface area contributed by atoms with Crippen molar-refractivity contribution in [3.05, 3.63) is 119 Å². The summed E-state index contributed by atoms with van der Waals surface area (Å²) in [5.41, 5.74) is 2.32. The molecular formula is C86H126F2O6. The minimum Gasteiger partial charge on any atom is -0.494 e. The van der Waals surface area contributed by atoms with Crippen molar-refractivity contribution in [3.8, 4) is 23.0 Å². The Kier molecular flexibility index (Phi) is 29.6. The monoisotopic (exact) mass is 1290 g/mol. The van der Waals surface area contributed by atoms with Crippen LogP contribution in [-0.2, 0) is 9.59 Å². The first-order valence-corrected chi connectivity index (χ1v) is 39.3. The summed E-state index contributed by atoms with van der Waals surface area (Å²) in [4.78, 5) is 27.7. The van der Waals surface area contributed by atoms with Crippen molar-refractivity contribution >= 4 is 11.6 Å². The van der Waals surface area contributed by atoms with Crippen molar-refractivity contribution in [2.24, 2.45) is 21.7 Å². The molecule has 10 rings (SSSR count). The minimum absolute atomic E-state index is 0.251. The minimum atomic E-state index is -0.982. The van der Waals surface area contributed by atoms with E-state index in [2.05, 4.69) is 125 Å². The Morgan fingerprint density at radius 1 is 0.277 bits per heavy atom. The molecule has 0 N–H and O–H groups in total. The maximum atomic E-state index is 16.3. The molecule has 8 heteroatoms. The third-order valence-corrected chi connectivity index (χ3v) is 24.2. The zero-order valence-corrected chi connectivity index (χ0v) is 59.4. The lowest BCUT2D eigenvalue weighted by Gasteiger charge is -2.61. The van der Waals surface area contributed by atoms with Gasteiger partial charge in [-0.15, -0.1) is 0 Å². The first-order valence-electron chi connectivity index (χ1n) is 39.3. The number of halogens is 2. The predicted molar refractivity (Wildman–Crippen MR) is 385 cm³/mol. The van der Waals surface area contributed by atoms with E-state index >= 15 is 8.78 Å². The highest BCUT2D eigenvalue weighted by Crippen LogP contribution is 2.68. The predicted octanol–water partition coefficient (Wildman–Crippen LogP) is 24.9. The van der Waals surface area contributed by atoms with Crippen LogP contribution in [0.2, 0.25) is 0 Å². The van der Waals surface area contributed by atoms with Crippen LogP contribution in [0.4, 0.5) is 8.78 Å². The Bertz CT molecular complexity index is 2570. The second-order valence-electron chi connectivity index (χ2n) is 30.6. The van der Waals surface area contributed by atoms with E-state index in [9.17, 15) is 9.59 Å². The van der Waals surface area contributed by atoms with Crippen molar-refractivity contribution < 1.29 is 37.3 Å². The van der Waals surface area contributed by atoms with Gasteiger partial charge in [0.25, 0.3) is 0 Å². The van der Waals surface area contributed by atoms with Gasteiger partial charge in [-0.05, 0) is 223 Å². The molecule has 6 aliphatic rings. The number of alkyl halides is 2. The summed E-state index contributed by atoms with van der Waals surface area (Å²) in [5, 5.41) is 0. The van der Waals surface area contributed by atoms with E-state index in [0.29, 0.717) is 75.0 Å². The van der Waals surface area contributed by atoms with Crippen LogP contribution in [0.1, 0.15) is 343 Å². The van der Waals surface area contributed by atoms with Gasteiger partial charge in [0, 0.05) is 0 Å². The SMILES string of the molecule is CCCCCCCCCOc1ccc(C2CCC3(CC2)C(=O)C2(CCC(c4ccc(OCCCCCCCCC)cc4)CC2)C3F)cc1.CCCCCCCCOc1ccc(C2CCC3(CC2)C(=O)C2(CCC(c4ccc(OCCCCCCCC)cc4)CC2)C3F)cc1. The molecule has 0 saturated heterocycles. The molecule has 0 unspecified atom stereocenters.